The van der Waals surface area contributed by atoms with Gasteiger partial charge in [-0.15, -0.1) is 0 Å². The average Bonchev–Trinajstić information content (AvgIpc) is 0.753. The molecule has 0 saturated heterocycles. The van der Waals surface area contributed by atoms with Crippen LogP contribution in [0.15, 0.2) is 347 Å². The fraction of sp³-hybridized carbons (Fsp3) is 0. The van der Waals surface area contributed by atoms with Crippen LogP contribution < -0.4 is 0 Å². The number of para-hydroxylation sites is 2. The van der Waals surface area contributed by atoms with Crippen molar-refractivity contribution in [2.24, 2.45) is 0 Å². The molecule has 0 amide bonds. The minimum Gasteiger partial charge on any atom is -0.456 e. The average molecular weight is 1250 g/mol. The highest BCUT2D eigenvalue weighted by Crippen LogP contribution is 2.49. The van der Waals surface area contributed by atoms with Crippen LogP contribution >= 0.6 is 0 Å². The van der Waals surface area contributed by atoms with Gasteiger partial charge >= 0.3 is 0 Å². The second kappa shape index (κ2) is 21.7. The Morgan fingerprint density at radius 1 is 0.160 bits per heavy atom. The third kappa shape index (κ3) is 8.58. The van der Waals surface area contributed by atoms with Crippen LogP contribution in [0.1, 0.15) is 76.8 Å². The fourth-order valence-electron chi connectivity index (χ4n) is 11.6. The van der Waals surface area contributed by atoms with Crippen LogP contribution in [0.25, 0.3) is 197 Å². The Kier molecular flexibility index (Phi) is 5.05. The van der Waals surface area contributed by atoms with Crippen LogP contribution in [0, 0.1) is 0 Å². The highest BCUT2D eigenvalue weighted by Gasteiger charge is 2.22. The molecule has 0 aliphatic heterocycles. The van der Waals surface area contributed by atoms with Crippen molar-refractivity contribution in [3.8, 4) is 66.8 Å². The predicted molar refractivity (Wildman–Crippen MR) is 400 cm³/mol. The smallest absolute Gasteiger partial charge is 0.135 e. The SMILES string of the molecule is [2H]c1c([2H])c(-c2c3c([2H])c([2H])c([2H])c([2H])c3c(-c3c([2H])c([2H])c4oc5c([2H])c([2H])c([2H])c([2H])c5c4c3[2H])c3c([2H])c([2H])c([2H])c([2H])c23)c([2H])c(-c2c([2H])c([2H])c([2H])c3c2c([2H])c([2H])c2c([2H])c([2H])c([2H])c([2H])c23)c1[2H].[2H]c1c([2H])c(-c2c3c([2H])c([2H])c([2H])c([2H])c3c(-c3c([2H])c([2H])c4oc5c([2H])c([2H])c([2H])c([2H])c5c4c3[2H])c3c([2H])c([2H])c([2H])c([2H])c23)c([2H])c(-c2c([2H])c3c([2H])c([2H])c([2H])c([2H])c3c3c([2H])c([2H])c([2H])c([2H])c23)c1[2H]. The van der Waals surface area contributed by atoms with Crippen LogP contribution in [-0.4, -0.2) is 0 Å². The first-order valence-corrected chi connectivity index (χ1v) is 27.8. The van der Waals surface area contributed by atoms with Crippen molar-refractivity contribution >= 4 is 130 Å². The van der Waals surface area contributed by atoms with E-state index >= 15 is 0 Å². The summed E-state index contributed by atoms with van der Waals surface area (Å²) in [5, 5.41) is -12.8. The molecule has 0 bridgehead atoms. The number of hydrogen-bond donors (Lipinski definition) is 0. The lowest BCUT2D eigenvalue weighted by Crippen LogP contribution is -1.91. The molecule has 2 heterocycles. The van der Waals surface area contributed by atoms with Gasteiger partial charge in [0.1, 0.15) is 22.3 Å². The van der Waals surface area contributed by atoms with Gasteiger partial charge in [0.2, 0.25) is 0 Å². The topological polar surface area (TPSA) is 26.3 Å². The van der Waals surface area contributed by atoms with E-state index in [9.17, 15) is 31.5 Å². The molecular formula is C92H56O2. The van der Waals surface area contributed by atoms with Crippen LogP contribution in [-0.2, 0) is 0 Å². The molecule has 0 saturated carbocycles. The number of furan rings is 2. The van der Waals surface area contributed by atoms with Gasteiger partial charge in [0.25, 0.3) is 0 Å². The summed E-state index contributed by atoms with van der Waals surface area (Å²) in [6.07, 6.45) is 0. The molecule has 18 aromatic carbocycles. The van der Waals surface area contributed by atoms with E-state index in [-0.39, 0.29) is 0 Å². The van der Waals surface area contributed by atoms with Crippen LogP contribution in [0.3, 0.4) is 0 Å². The van der Waals surface area contributed by atoms with E-state index in [1.54, 1.807) is 0 Å². The molecule has 94 heavy (non-hydrogen) atoms. The summed E-state index contributed by atoms with van der Waals surface area (Å²) in [6, 6.07) is -52.4. The molecule has 436 valence electrons. The zero-order valence-electron chi connectivity index (χ0n) is 103. The second-order valence-corrected chi connectivity index (χ2v) is 20.5. The lowest BCUT2D eigenvalue weighted by Gasteiger charge is -2.18. The van der Waals surface area contributed by atoms with Gasteiger partial charge in [-0.3, -0.25) is 0 Å². The van der Waals surface area contributed by atoms with Gasteiger partial charge in [0, 0.05) is 21.5 Å². The largest absolute Gasteiger partial charge is 0.456 e. The third-order valence-electron chi connectivity index (χ3n) is 15.5. The summed E-state index contributed by atoms with van der Waals surface area (Å²) in [5.74, 6) is 0. The summed E-state index contributed by atoms with van der Waals surface area (Å²) < 4.78 is 517. The first-order valence-electron chi connectivity index (χ1n) is 55.8. The summed E-state index contributed by atoms with van der Waals surface area (Å²) >= 11 is 0. The van der Waals surface area contributed by atoms with Gasteiger partial charge in [-0.25, -0.2) is 0 Å². The van der Waals surface area contributed by atoms with E-state index in [2.05, 4.69) is 0 Å². The first kappa shape index (κ1) is 21.9. The second-order valence-electron chi connectivity index (χ2n) is 20.5. The van der Waals surface area contributed by atoms with E-state index in [4.69, 9.17) is 54.1 Å². The molecule has 20 rings (SSSR count). The minimum atomic E-state index is -1.12. The predicted octanol–water partition coefficient (Wildman–Crippen LogP) is 26.4. The monoisotopic (exact) mass is 1250 g/mol. The Balaban J connectivity index is 0.000000188. The molecule has 0 spiro atoms. The quantitative estimate of drug-likeness (QED) is 0.123. The van der Waals surface area contributed by atoms with Crippen molar-refractivity contribution in [1.29, 1.82) is 0 Å². The first-order chi connectivity index (χ1) is 70.0. The number of hydrogen-bond acceptors (Lipinski definition) is 2. The van der Waals surface area contributed by atoms with Gasteiger partial charge in [-0.1, -0.05) is 284 Å². The van der Waals surface area contributed by atoms with E-state index in [1.165, 1.54) is 0 Å². The molecule has 0 radical (unpaired) electrons. The number of fused-ring (bicyclic) bond motifs is 16. The molecular weight excluding hydrogens is 1140 g/mol. The maximum absolute atomic E-state index is 10.0. The maximum atomic E-state index is 10.0. The summed E-state index contributed by atoms with van der Waals surface area (Å²) in [4.78, 5) is 0. The zero-order valence-corrected chi connectivity index (χ0v) is 46.8. The molecule has 0 N–H and O–H groups in total. The molecule has 0 fully saturated rings. The number of rotatable bonds is 6. The fourth-order valence-corrected chi connectivity index (χ4v) is 11.6. The number of benzene rings is 18. The molecule has 2 nitrogen and oxygen atoms in total. The Bertz CT molecular complexity index is 9810. The maximum Gasteiger partial charge on any atom is 0.135 e. The van der Waals surface area contributed by atoms with Crippen molar-refractivity contribution in [3.63, 3.8) is 0 Å². The van der Waals surface area contributed by atoms with Gasteiger partial charge in [-0.05, 0) is 207 Å². The van der Waals surface area contributed by atoms with Gasteiger partial charge in [-0.2, -0.15) is 0 Å². The van der Waals surface area contributed by atoms with E-state index < -0.39 is 535 Å². The standard InChI is InChI=1S/2C46H28O/c1-2-14-33-29(11-1)23-25-36-34(20-10-21-35(33)36)30-12-9-13-31(27-30)45-38-16-3-5-18-40(38)46(41-19-6-4-17-39(41)45)32-24-26-44-42(28-32)37-15-7-8-22-43(37)47-44;1-2-15-33-30(12-1)27-41(35-17-4-3-16-34(33)35)29-13-11-14-31(26-29)45-37-19-5-7-21-39(37)46(40-22-8-6-20-38(40)45)32-24-25-44-42(28-32)36-18-9-10-23-43(36)47-44/h2*1-28H/i2*1D,2D,3D,4D,5D,6D,7D,8D,9D,10D,11D,12D,13D,14D,15D,16D,17D,18D,19D,20D,21D,22D,23D,24D,25D,26D,27D,28D. The summed E-state index contributed by atoms with van der Waals surface area (Å²) in [6.45, 7) is 0. The lowest BCUT2D eigenvalue weighted by molar-refractivity contribution is 0.668. The Morgan fingerprint density at radius 3 is 0.936 bits per heavy atom. The van der Waals surface area contributed by atoms with Crippen LogP contribution in [0.5, 0.6) is 0 Å². The molecule has 0 aliphatic rings. The lowest BCUT2D eigenvalue weighted by atomic mass is 9.85. The minimum absolute atomic E-state index is 0.439. The molecule has 20 aromatic rings. The van der Waals surface area contributed by atoms with E-state index in [0.717, 1.165) is 0 Å². The Hall–Kier alpha value is -12.4. The van der Waals surface area contributed by atoms with Crippen molar-refractivity contribution in [3.05, 3.63) is 338 Å². The summed E-state index contributed by atoms with van der Waals surface area (Å²) in [5.41, 5.74) is -12.0. The van der Waals surface area contributed by atoms with Crippen LogP contribution in [0.2, 0.25) is 0 Å². The highest BCUT2D eigenvalue weighted by atomic mass is 16.3. The van der Waals surface area contributed by atoms with Gasteiger partial charge < -0.3 is 8.83 Å². The zero-order chi connectivity index (χ0) is 111. The normalized spacial score (nSPS) is 20.2. The Morgan fingerprint density at radius 2 is 0.468 bits per heavy atom. The molecule has 0 aliphatic carbocycles. The molecule has 0 atom stereocenters. The van der Waals surface area contributed by atoms with E-state index in [0.29, 0.717) is 0 Å². The van der Waals surface area contributed by atoms with Crippen molar-refractivity contribution < 1.29 is 85.6 Å². The molecule has 2 aromatic heterocycles. The summed E-state index contributed by atoms with van der Waals surface area (Å²) in [7, 11) is 0. The third-order valence-corrected chi connectivity index (χ3v) is 15.5. The van der Waals surface area contributed by atoms with Crippen molar-refractivity contribution in [1.82, 2.24) is 0 Å². The van der Waals surface area contributed by atoms with Gasteiger partial charge in [0.15, 0.2) is 0 Å². The highest BCUT2D eigenvalue weighted by molar-refractivity contribution is 6.25. The van der Waals surface area contributed by atoms with Gasteiger partial charge in [0.05, 0.1) is 76.8 Å². The van der Waals surface area contributed by atoms with Crippen molar-refractivity contribution in [2.75, 3.05) is 0 Å². The van der Waals surface area contributed by atoms with Crippen LogP contribution in [0.4, 0.5) is 0 Å². The molecule has 2 heteroatoms. The Labute approximate surface area is 620 Å². The molecule has 0 unspecified atom stereocenters. The van der Waals surface area contributed by atoms with Crippen molar-refractivity contribution in [2.45, 2.75) is 0 Å². The van der Waals surface area contributed by atoms with E-state index in [1.807, 2.05) is 0 Å².